The molecular weight excluding hydrogens is 325 g/mol. The van der Waals surface area contributed by atoms with Crippen LogP contribution in [0.3, 0.4) is 0 Å². The molecule has 23 heavy (non-hydrogen) atoms. The van der Waals surface area contributed by atoms with Crippen LogP contribution in [0, 0.1) is 0 Å². The van der Waals surface area contributed by atoms with Crippen LogP contribution in [0.4, 0.5) is 24.0 Å². The number of phenols is 1. The lowest BCUT2D eigenvalue weighted by molar-refractivity contribution is -0.137. The quantitative estimate of drug-likeness (QED) is 0.684. The van der Waals surface area contributed by atoms with Crippen molar-refractivity contribution in [2.75, 3.05) is 5.32 Å². The van der Waals surface area contributed by atoms with Gasteiger partial charge in [0, 0.05) is 22.7 Å². The summed E-state index contributed by atoms with van der Waals surface area (Å²) >= 11 is 1.33. The number of halogens is 3. The predicted octanol–water partition coefficient (Wildman–Crippen LogP) is 5.28. The number of nitrogens with one attached hydrogen (secondary N) is 1. The molecule has 0 saturated heterocycles. The first-order valence-electron chi connectivity index (χ1n) is 6.61. The number of aromatic hydroxyl groups is 1. The first-order chi connectivity index (χ1) is 10.9. The smallest absolute Gasteiger partial charge is 0.416 e. The molecule has 3 nitrogen and oxygen atoms in total. The molecular formula is C16H11F3N2OS. The fourth-order valence-corrected chi connectivity index (χ4v) is 2.74. The third-order valence-electron chi connectivity index (χ3n) is 3.11. The monoisotopic (exact) mass is 336 g/mol. The van der Waals surface area contributed by atoms with Gasteiger partial charge in [-0.25, -0.2) is 4.98 Å². The van der Waals surface area contributed by atoms with Crippen molar-refractivity contribution in [1.29, 1.82) is 0 Å². The molecule has 0 aliphatic heterocycles. The first kappa shape index (κ1) is 15.4. The van der Waals surface area contributed by atoms with Crippen LogP contribution < -0.4 is 5.32 Å². The third kappa shape index (κ3) is 3.62. The summed E-state index contributed by atoms with van der Waals surface area (Å²) in [5.74, 6) is 0.134. The summed E-state index contributed by atoms with van der Waals surface area (Å²) in [6, 6.07) is 11.5. The van der Waals surface area contributed by atoms with Gasteiger partial charge in [0.2, 0.25) is 0 Å². The number of hydrogen-bond acceptors (Lipinski definition) is 4. The number of anilines is 2. The van der Waals surface area contributed by atoms with E-state index in [1.54, 1.807) is 29.6 Å². The van der Waals surface area contributed by atoms with Gasteiger partial charge in [-0.1, -0.05) is 18.2 Å². The number of phenolic OH excluding ortho intramolecular Hbond substituents is 1. The zero-order valence-corrected chi connectivity index (χ0v) is 12.4. The Labute approximate surface area is 134 Å². The lowest BCUT2D eigenvalue weighted by Gasteiger charge is -2.06. The molecule has 1 heterocycles. The molecule has 2 aromatic carbocycles. The van der Waals surface area contributed by atoms with Crippen LogP contribution in [0.1, 0.15) is 5.56 Å². The number of alkyl halides is 3. The molecule has 2 N–H and O–H groups in total. The van der Waals surface area contributed by atoms with E-state index in [0.717, 1.165) is 12.1 Å². The van der Waals surface area contributed by atoms with Gasteiger partial charge in [-0.05, 0) is 24.3 Å². The van der Waals surface area contributed by atoms with E-state index in [2.05, 4.69) is 10.3 Å². The van der Waals surface area contributed by atoms with Crippen molar-refractivity contribution in [3.8, 4) is 17.0 Å². The van der Waals surface area contributed by atoms with Gasteiger partial charge in [0.05, 0.1) is 11.3 Å². The SMILES string of the molecule is Oc1cccc(Nc2nc(-c3ccc(C(F)(F)F)cc3)cs2)c1. The fraction of sp³-hybridized carbons (Fsp3) is 0.0625. The standard InChI is InChI=1S/C16H11F3N2OS/c17-16(18,19)11-6-4-10(5-7-11)14-9-23-15(21-14)20-12-2-1-3-13(22)8-12/h1-9,22H,(H,20,21). The van der Waals surface area contributed by atoms with Crippen LogP contribution in [-0.2, 0) is 6.18 Å². The van der Waals surface area contributed by atoms with Gasteiger partial charge in [-0.2, -0.15) is 13.2 Å². The van der Waals surface area contributed by atoms with Gasteiger partial charge >= 0.3 is 6.18 Å². The summed E-state index contributed by atoms with van der Waals surface area (Å²) in [5.41, 5.74) is 1.19. The summed E-state index contributed by atoms with van der Waals surface area (Å²) < 4.78 is 37.7. The highest BCUT2D eigenvalue weighted by Crippen LogP contribution is 2.32. The Morgan fingerprint density at radius 1 is 1.04 bits per heavy atom. The molecule has 0 saturated carbocycles. The molecule has 3 rings (SSSR count). The molecule has 7 heteroatoms. The van der Waals surface area contributed by atoms with E-state index in [0.29, 0.717) is 22.1 Å². The van der Waals surface area contributed by atoms with E-state index in [9.17, 15) is 18.3 Å². The van der Waals surface area contributed by atoms with Gasteiger partial charge in [0.25, 0.3) is 0 Å². The van der Waals surface area contributed by atoms with Crippen LogP contribution in [0.5, 0.6) is 5.75 Å². The molecule has 0 amide bonds. The zero-order chi connectivity index (χ0) is 16.4. The Balaban J connectivity index is 1.79. The molecule has 0 fully saturated rings. The minimum Gasteiger partial charge on any atom is -0.508 e. The van der Waals surface area contributed by atoms with E-state index in [4.69, 9.17) is 0 Å². The number of nitrogens with zero attached hydrogens (tertiary/aromatic N) is 1. The van der Waals surface area contributed by atoms with Crippen LogP contribution in [0.15, 0.2) is 53.9 Å². The Bertz CT molecular complexity index is 813. The lowest BCUT2D eigenvalue weighted by Crippen LogP contribution is -2.03. The molecule has 0 aliphatic carbocycles. The van der Waals surface area contributed by atoms with E-state index in [1.807, 2.05) is 0 Å². The Morgan fingerprint density at radius 2 is 1.78 bits per heavy atom. The van der Waals surface area contributed by atoms with E-state index in [-0.39, 0.29) is 5.75 Å². The zero-order valence-electron chi connectivity index (χ0n) is 11.6. The molecule has 1 aromatic heterocycles. The van der Waals surface area contributed by atoms with Crippen LogP contribution >= 0.6 is 11.3 Å². The largest absolute Gasteiger partial charge is 0.508 e. The van der Waals surface area contributed by atoms with Gasteiger partial charge in [-0.3, -0.25) is 0 Å². The maximum absolute atomic E-state index is 12.6. The topological polar surface area (TPSA) is 45.1 Å². The maximum atomic E-state index is 12.6. The summed E-state index contributed by atoms with van der Waals surface area (Å²) in [7, 11) is 0. The molecule has 3 aromatic rings. The van der Waals surface area contributed by atoms with E-state index >= 15 is 0 Å². The highest BCUT2D eigenvalue weighted by atomic mass is 32.1. The van der Waals surface area contributed by atoms with E-state index < -0.39 is 11.7 Å². The summed E-state index contributed by atoms with van der Waals surface area (Å²) in [6.07, 6.45) is -4.34. The number of thiazole rings is 1. The Hall–Kier alpha value is -2.54. The number of rotatable bonds is 3. The molecule has 0 radical (unpaired) electrons. The highest BCUT2D eigenvalue weighted by Gasteiger charge is 2.30. The molecule has 0 bridgehead atoms. The highest BCUT2D eigenvalue weighted by molar-refractivity contribution is 7.14. The van der Waals surface area contributed by atoms with Gasteiger partial charge < -0.3 is 10.4 Å². The van der Waals surface area contributed by atoms with Crippen molar-refractivity contribution in [3.05, 3.63) is 59.5 Å². The minimum absolute atomic E-state index is 0.134. The fourth-order valence-electron chi connectivity index (χ4n) is 2.00. The van der Waals surface area contributed by atoms with Gasteiger partial charge in [0.15, 0.2) is 5.13 Å². The normalized spacial score (nSPS) is 11.4. The number of aromatic nitrogens is 1. The summed E-state index contributed by atoms with van der Waals surface area (Å²) in [5, 5.41) is 14.8. The van der Waals surface area contributed by atoms with Crippen LogP contribution in [0.25, 0.3) is 11.3 Å². The molecule has 0 spiro atoms. The molecule has 0 aliphatic rings. The molecule has 0 atom stereocenters. The Kier molecular flexibility index (Phi) is 3.96. The predicted molar refractivity (Wildman–Crippen MR) is 83.9 cm³/mol. The van der Waals surface area contributed by atoms with Gasteiger partial charge in [-0.15, -0.1) is 11.3 Å². The average Bonchev–Trinajstić information content (AvgIpc) is 2.95. The van der Waals surface area contributed by atoms with Crippen molar-refractivity contribution >= 4 is 22.2 Å². The van der Waals surface area contributed by atoms with Crippen molar-refractivity contribution in [1.82, 2.24) is 4.98 Å². The van der Waals surface area contributed by atoms with Gasteiger partial charge in [0.1, 0.15) is 5.75 Å². The second-order valence-corrected chi connectivity index (χ2v) is 5.65. The molecule has 0 unspecified atom stereocenters. The second-order valence-electron chi connectivity index (χ2n) is 4.79. The van der Waals surface area contributed by atoms with Crippen LogP contribution in [-0.4, -0.2) is 10.1 Å². The first-order valence-corrected chi connectivity index (χ1v) is 7.49. The second kappa shape index (κ2) is 5.92. The maximum Gasteiger partial charge on any atom is 0.416 e. The number of hydrogen-bond donors (Lipinski definition) is 2. The Morgan fingerprint density at radius 3 is 2.43 bits per heavy atom. The number of benzene rings is 2. The average molecular weight is 336 g/mol. The van der Waals surface area contributed by atoms with Crippen molar-refractivity contribution in [2.24, 2.45) is 0 Å². The van der Waals surface area contributed by atoms with Crippen LogP contribution in [0.2, 0.25) is 0 Å². The van der Waals surface area contributed by atoms with E-state index in [1.165, 1.54) is 23.5 Å². The third-order valence-corrected chi connectivity index (χ3v) is 3.87. The molecule has 118 valence electrons. The van der Waals surface area contributed by atoms with Crippen molar-refractivity contribution in [2.45, 2.75) is 6.18 Å². The van der Waals surface area contributed by atoms with Crippen molar-refractivity contribution < 1.29 is 18.3 Å². The minimum atomic E-state index is -4.34. The summed E-state index contributed by atoms with van der Waals surface area (Å²) in [6.45, 7) is 0. The van der Waals surface area contributed by atoms with Crippen molar-refractivity contribution in [3.63, 3.8) is 0 Å². The lowest BCUT2D eigenvalue weighted by atomic mass is 10.1. The summed E-state index contributed by atoms with van der Waals surface area (Å²) in [4.78, 5) is 4.34.